The minimum Gasteiger partial charge on any atom is -0.339 e. The largest absolute Gasteiger partial charge is 0.339 e. The Balaban J connectivity index is 1.49. The lowest BCUT2D eigenvalue weighted by Crippen LogP contribution is -2.51. The highest BCUT2D eigenvalue weighted by atomic mass is 16.5. The zero-order chi connectivity index (χ0) is 19.0. The van der Waals surface area contributed by atoms with Gasteiger partial charge < -0.3 is 9.42 Å². The number of hydrogen-bond donors (Lipinski definition) is 0. The second-order valence-corrected chi connectivity index (χ2v) is 8.02. The number of amides is 2. The molecule has 1 saturated carbocycles. The summed E-state index contributed by atoms with van der Waals surface area (Å²) >= 11 is 0. The first-order valence-electron chi connectivity index (χ1n) is 9.72. The van der Waals surface area contributed by atoms with Crippen molar-refractivity contribution in [3.05, 3.63) is 41.7 Å². The molecule has 0 unspecified atom stereocenters. The third-order valence-electron chi connectivity index (χ3n) is 5.82. The molecular formula is C20H20N6O2. The second kappa shape index (κ2) is 5.43. The van der Waals surface area contributed by atoms with E-state index < -0.39 is 0 Å². The summed E-state index contributed by atoms with van der Waals surface area (Å²) < 4.78 is 7.48. The lowest BCUT2D eigenvalue weighted by Gasteiger charge is -2.42. The van der Waals surface area contributed by atoms with Gasteiger partial charge in [-0.2, -0.15) is 4.98 Å². The zero-order valence-corrected chi connectivity index (χ0v) is 15.8. The number of carbonyl (C=O) groups excluding carboxylic acids is 1. The van der Waals surface area contributed by atoms with Crippen molar-refractivity contribution in [3.63, 3.8) is 0 Å². The molecule has 0 spiro atoms. The Morgan fingerprint density at radius 3 is 2.86 bits per heavy atom. The number of fused-ring (bicyclic) bond motifs is 2. The molecule has 3 aromatic rings. The lowest BCUT2D eigenvalue weighted by atomic mass is 10.0. The van der Waals surface area contributed by atoms with E-state index in [0.29, 0.717) is 36.4 Å². The van der Waals surface area contributed by atoms with Crippen molar-refractivity contribution in [3.8, 4) is 17.2 Å². The van der Waals surface area contributed by atoms with Crippen molar-refractivity contribution in [1.82, 2.24) is 24.6 Å². The van der Waals surface area contributed by atoms with E-state index >= 15 is 0 Å². The smallest absolute Gasteiger partial charge is 0.325 e. The van der Waals surface area contributed by atoms with Crippen LogP contribution in [0.4, 0.5) is 10.5 Å². The van der Waals surface area contributed by atoms with Crippen LogP contribution in [0.1, 0.15) is 49.8 Å². The molecular weight excluding hydrogens is 356 g/mol. The summed E-state index contributed by atoms with van der Waals surface area (Å²) in [5, 5.41) is 4.15. The predicted octanol–water partition coefficient (Wildman–Crippen LogP) is 3.46. The standard InChI is InChI=1S/C20H20N6O2/c1-11(2)24-8-13-4-3-5-14-17(13)25(20(24)27)9-15-16(21-10-26(14)15)18-22-19(28-23-18)12-6-7-12/h3-5,10-12H,6-9H2,1-2H3. The lowest BCUT2D eigenvalue weighted by molar-refractivity contribution is 0.181. The Morgan fingerprint density at radius 2 is 2.07 bits per heavy atom. The van der Waals surface area contributed by atoms with Crippen LogP contribution in [0.15, 0.2) is 29.0 Å². The van der Waals surface area contributed by atoms with E-state index in [4.69, 9.17) is 4.52 Å². The fourth-order valence-electron chi connectivity index (χ4n) is 4.16. The Labute approximate surface area is 161 Å². The molecule has 2 aromatic heterocycles. The summed E-state index contributed by atoms with van der Waals surface area (Å²) in [6.45, 7) is 5.16. The molecule has 3 aliphatic rings. The van der Waals surface area contributed by atoms with Gasteiger partial charge in [0, 0.05) is 18.5 Å². The maximum atomic E-state index is 13.2. The van der Waals surface area contributed by atoms with Crippen LogP contribution in [0.2, 0.25) is 0 Å². The molecule has 2 aliphatic heterocycles. The van der Waals surface area contributed by atoms with Crippen molar-refractivity contribution in [2.24, 2.45) is 0 Å². The molecule has 0 saturated heterocycles. The maximum Gasteiger partial charge on any atom is 0.325 e. The normalized spacial score (nSPS) is 17.9. The molecule has 1 fully saturated rings. The fraction of sp³-hybridized carbons (Fsp3) is 0.400. The number of anilines is 1. The van der Waals surface area contributed by atoms with Crippen LogP contribution in [0.3, 0.4) is 0 Å². The molecule has 0 bridgehead atoms. The third kappa shape index (κ3) is 2.11. The van der Waals surface area contributed by atoms with E-state index in [0.717, 1.165) is 35.5 Å². The van der Waals surface area contributed by atoms with Gasteiger partial charge in [0.25, 0.3) is 0 Å². The number of hydrogen-bond acceptors (Lipinski definition) is 5. The highest BCUT2D eigenvalue weighted by molar-refractivity contribution is 5.98. The molecule has 0 radical (unpaired) electrons. The molecule has 1 aliphatic carbocycles. The summed E-state index contributed by atoms with van der Waals surface area (Å²) in [6.07, 6.45) is 4.00. The van der Waals surface area contributed by atoms with Crippen molar-refractivity contribution in [1.29, 1.82) is 0 Å². The summed E-state index contributed by atoms with van der Waals surface area (Å²) in [6, 6.07) is 6.32. The number of rotatable bonds is 3. The van der Waals surface area contributed by atoms with Crippen molar-refractivity contribution in [2.75, 3.05) is 4.90 Å². The fourth-order valence-corrected chi connectivity index (χ4v) is 4.16. The molecule has 6 rings (SSSR count). The van der Waals surface area contributed by atoms with E-state index in [1.165, 1.54) is 0 Å². The molecule has 8 heteroatoms. The number of nitrogens with zero attached hydrogens (tertiary/aromatic N) is 6. The van der Waals surface area contributed by atoms with E-state index in [1.54, 1.807) is 6.33 Å². The van der Waals surface area contributed by atoms with Gasteiger partial charge in [-0.05, 0) is 38.3 Å². The van der Waals surface area contributed by atoms with E-state index in [1.807, 2.05) is 35.8 Å². The average molecular weight is 376 g/mol. The number of benzene rings is 1. The monoisotopic (exact) mass is 376 g/mol. The number of carbonyl (C=O) groups is 1. The average Bonchev–Trinajstić information content (AvgIpc) is 3.26. The maximum absolute atomic E-state index is 13.2. The molecule has 28 heavy (non-hydrogen) atoms. The summed E-state index contributed by atoms with van der Waals surface area (Å²) in [4.78, 5) is 26.1. The van der Waals surface area contributed by atoms with E-state index in [9.17, 15) is 4.79 Å². The minimum atomic E-state index is 0.0279. The minimum absolute atomic E-state index is 0.0279. The number of imidazole rings is 1. The summed E-state index contributed by atoms with van der Waals surface area (Å²) in [5.74, 6) is 1.59. The predicted molar refractivity (Wildman–Crippen MR) is 101 cm³/mol. The van der Waals surface area contributed by atoms with Crippen LogP contribution < -0.4 is 4.90 Å². The highest BCUT2D eigenvalue weighted by Crippen LogP contribution is 2.43. The van der Waals surface area contributed by atoms with Crippen molar-refractivity contribution < 1.29 is 9.32 Å². The first-order valence-corrected chi connectivity index (χ1v) is 9.72. The summed E-state index contributed by atoms with van der Waals surface area (Å²) in [5.41, 5.74) is 4.70. The molecule has 8 nitrogen and oxygen atoms in total. The van der Waals surface area contributed by atoms with Crippen LogP contribution in [0, 0.1) is 0 Å². The van der Waals surface area contributed by atoms with Crippen LogP contribution in [-0.4, -0.2) is 36.7 Å². The topological polar surface area (TPSA) is 80.3 Å². The second-order valence-electron chi connectivity index (χ2n) is 8.02. The Bertz CT molecular complexity index is 1110. The molecule has 142 valence electrons. The van der Waals surface area contributed by atoms with Crippen LogP contribution in [-0.2, 0) is 13.1 Å². The van der Waals surface area contributed by atoms with Gasteiger partial charge in [0.2, 0.25) is 11.7 Å². The molecule has 0 N–H and O–H groups in total. The zero-order valence-electron chi connectivity index (χ0n) is 15.8. The van der Waals surface area contributed by atoms with Gasteiger partial charge >= 0.3 is 6.03 Å². The molecule has 1 aromatic carbocycles. The van der Waals surface area contributed by atoms with E-state index in [-0.39, 0.29) is 12.1 Å². The highest BCUT2D eigenvalue weighted by Gasteiger charge is 2.39. The Kier molecular flexibility index (Phi) is 3.08. The quantitative estimate of drug-likeness (QED) is 0.699. The molecule has 0 atom stereocenters. The van der Waals surface area contributed by atoms with Crippen molar-refractivity contribution in [2.45, 2.75) is 51.7 Å². The summed E-state index contributed by atoms with van der Waals surface area (Å²) in [7, 11) is 0. The van der Waals surface area contributed by atoms with Gasteiger partial charge in [-0.25, -0.2) is 9.78 Å². The SMILES string of the molecule is CC(C)N1Cc2cccc3c2N(Cc2c(-c4noc(C5CC5)n4)ncn2-3)C1=O. The number of aromatic nitrogens is 4. The molecule has 4 heterocycles. The number of para-hydroxylation sites is 1. The van der Waals surface area contributed by atoms with Gasteiger partial charge in [-0.15, -0.1) is 0 Å². The first-order chi connectivity index (χ1) is 13.6. The van der Waals surface area contributed by atoms with Gasteiger partial charge in [-0.1, -0.05) is 17.3 Å². The third-order valence-corrected chi connectivity index (χ3v) is 5.82. The number of urea groups is 1. The van der Waals surface area contributed by atoms with Crippen LogP contribution in [0.25, 0.3) is 17.2 Å². The van der Waals surface area contributed by atoms with E-state index in [2.05, 4.69) is 25.8 Å². The van der Waals surface area contributed by atoms with Crippen LogP contribution >= 0.6 is 0 Å². The molecule has 2 amide bonds. The first kappa shape index (κ1) is 15.9. The van der Waals surface area contributed by atoms with Gasteiger partial charge in [0.15, 0.2) is 0 Å². The van der Waals surface area contributed by atoms with Gasteiger partial charge in [-0.3, -0.25) is 9.47 Å². The Hall–Kier alpha value is -3.16. The van der Waals surface area contributed by atoms with Crippen LogP contribution in [0.5, 0.6) is 0 Å². The Morgan fingerprint density at radius 1 is 1.21 bits per heavy atom. The van der Waals surface area contributed by atoms with Gasteiger partial charge in [0.1, 0.15) is 12.0 Å². The van der Waals surface area contributed by atoms with Crippen molar-refractivity contribution >= 4 is 11.7 Å². The van der Waals surface area contributed by atoms with Gasteiger partial charge in [0.05, 0.1) is 23.6 Å².